The molecule has 0 unspecified atom stereocenters. The van der Waals surface area contributed by atoms with Crippen LogP contribution in [-0.4, -0.2) is 5.33 Å². The molecular weight excluding hydrogens is 195 g/mol. The van der Waals surface area contributed by atoms with Crippen molar-refractivity contribution in [2.45, 2.75) is 6.42 Å². The van der Waals surface area contributed by atoms with E-state index in [9.17, 15) is 4.39 Å². The van der Waals surface area contributed by atoms with Gasteiger partial charge in [0.1, 0.15) is 5.82 Å². The molecule has 0 amide bonds. The van der Waals surface area contributed by atoms with E-state index in [-0.39, 0.29) is 5.82 Å². The second kappa shape index (κ2) is 3.71. The molecular formula is C8H7BrF. The average molecular weight is 202 g/mol. The molecule has 0 fully saturated rings. The first-order chi connectivity index (χ1) is 4.83. The minimum Gasteiger partial charge on any atom is -0.207 e. The Morgan fingerprint density at radius 1 is 1.50 bits per heavy atom. The van der Waals surface area contributed by atoms with Crippen LogP contribution >= 0.6 is 15.9 Å². The molecule has 10 heavy (non-hydrogen) atoms. The minimum atomic E-state index is -0.224. The van der Waals surface area contributed by atoms with Gasteiger partial charge in [-0.1, -0.05) is 22.0 Å². The van der Waals surface area contributed by atoms with E-state index in [2.05, 4.69) is 22.0 Å². The quantitative estimate of drug-likeness (QED) is 0.646. The lowest BCUT2D eigenvalue weighted by Gasteiger charge is -1.94. The molecule has 2 heteroatoms. The Morgan fingerprint density at radius 2 is 2.30 bits per heavy atom. The summed E-state index contributed by atoms with van der Waals surface area (Å²) in [5.41, 5.74) is 1.04. The Balaban J connectivity index is 2.69. The number of halogens is 2. The third kappa shape index (κ3) is 2.10. The van der Waals surface area contributed by atoms with E-state index in [4.69, 9.17) is 0 Å². The molecule has 0 nitrogen and oxygen atoms in total. The molecule has 0 saturated heterocycles. The number of benzene rings is 1. The molecule has 1 aromatic carbocycles. The highest BCUT2D eigenvalue weighted by atomic mass is 79.9. The van der Waals surface area contributed by atoms with Crippen LogP contribution in [0.2, 0.25) is 0 Å². The lowest BCUT2D eigenvalue weighted by Crippen LogP contribution is -1.85. The lowest BCUT2D eigenvalue weighted by atomic mass is 10.2. The highest BCUT2D eigenvalue weighted by Gasteiger charge is 1.91. The fraction of sp³-hybridized carbons (Fsp3) is 0.250. The van der Waals surface area contributed by atoms with Gasteiger partial charge >= 0.3 is 0 Å². The molecule has 0 aliphatic heterocycles. The molecule has 1 rings (SSSR count). The van der Waals surface area contributed by atoms with E-state index in [1.807, 2.05) is 0 Å². The third-order valence-corrected chi connectivity index (χ3v) is 1.60. The van der Waals surface area contributed by atoms with Gasteiger partial charge < -0.3 is 0 Å². The Bertz CT molecular complexity index is 193. The summed E-state index contributed by atoms with van der Waals surface area (Å²) in [5.74, 6) is -0.224. The van der Waals surface area contributed by atoms with Crippen molar-refractivity contribution in [1.29, 1.82) is 0 Å². The minimum absolute atomic E-state index is 0.224. The second-order valence-corrected chi connectivity index (χ2v) is 2.76. The molecule has 0 spiro atoms. The maximum absolute atomic E-state index is 12.3. The van der Waals surface area contributed by atoms with Crippen LogP contribution in [0.5, 0.6) is 0 Å². The van der Waals surface area contributed by atoms with Crippen LogP contribution < -0.4 is 0 Å². The van der Waals surface area contributed by atoms with Crippen molar-refractivity contribution in [3.05, 3.63) is 35.6 Å². The topological polar surface area (TPSA) is 0 Å². The molecule has 0 aromatic heterocycles. The SMILES string of the molecule is Fc1c[c]c(CCBr)cc1. The van der Waals surface area contributed by atoms with E-state index in [1.165, 1.54) is 12.1 Å². The van der Waals surface area contributed by atoms with Crippen LogP contribution in [0.4, 0.5) is 4.39 Å². The smallest absolute Gasteiger partial charge is 0.123 e. The van der Waals surface area contributed by atoms with Crippen molar-refractivity contribution >= 4 is 15.9 Å². The van der Waals surface area contributed by atoms with Gasteiger partial charge in [-0.2, -0.15) is 0 Å². The van der Waals surface area contributed by atoms with E-state index < -0.39 is 0 Å². The molecule has 1 radical (unpaired) electrons. The van der Waals surface area contributed by atoms with Crippen molar-refractivity contribution in [3.8, 4) is 0 Å². The van der Waals surface area contributed by atoms with Crippen LogP contribution in [0.15, 0.2) is 18.2 Å². The summed E-state index contributed by atoms with van der Waals surface area (Å²) in [6.45, 7) is 0. The fourth-order valence-electron chi connectivity index (χ4n) is 0.695. The monoisotopic (exact) mass is 201 g/mol. The number of aryl methyl sites for hydroxylation is 1. The van der Waals surface area contributed by atoms with Gasteiger partial charge in [-0.05, 0) is 30.2 Å². The molecule has 0 atom stereocenters. The summed E-state index contributed by atoms with van der Waals surface area (Å²) in [6.07, 6.45) is 0.903. The lowest BCUT2D eigenvalue weighted by molar-refractivity contribution is 0.627. The molecule has 53 valence electrons. The van der Waals surface area contributed by atoms with Crippen molar-refractivity contribution < 1.29 is 4.39 Å². The highest BCUT2D eigenvalue weighted by molar-refractivity contribution is 9.09. The highest BCUT2D eigenvalue weighted by Crippen LogP contribution is 2.03. The normalized spacial score (nSPS) is 9.80. The zero-order valence-electron chi connectivity index (χ0n) is 5.40. The Hall–Kier alpha value is -0.370. The van der Waals surface area contributed by atoms with Gasteiger partial charge in [0.15, 0.2) is 0 Å². The summed E-state index contributed by atoms with van der Waals surface area (Å²) in [4.78, 5) is 0. The Morgan fingerprint density at radius 3 is 2.80 bits per heavy atom. The van der Waals surface area contributed by atoms with Gasteiger partial charge in [-0.15, -0.1) is 0 Å². The van der Waals surface area contributed by atoms with Crippen LogP contribution in [0.1, 0.15) is 5.56 Å². The van der Waals surface area contributed by atoms with Gasteiger partial charge in [0.2, 0.25) is 0 Å². The first-order valence-electron chi connectivity index (χ1n) is 3.05. The van der Waals surface area contributed by atoms with Gasteiger partial charge in [0.05, 0.1) is 0 Å². The van der Waals surface area contributed by atoms with Crippen molar-refractivity contribution in [1.82, 2.24) is 0 Å². The maximum atomic E-state index is 12.3. The molecule has 0 bridgehead atoms. The second-order valence-electron chi connectivity index (χ2n) is 1.97. The number of alkyl halides is 1. The summed E-state index contributed by atoms with van der Waals surface area (Å²) in [5, 5.41) is 0.898. The average Bonchev–Trinajstić information content (AvgIpc) is 1.95. The summed E-state index contributed by atoms with van der Waals surface area (Å²) in [6, 6.07) is 7.39. The van der Waals surface area contributed by atoms with Crippen molar-refractivity contribution in [2.75, 3.05) is 5.33 Å². The third-order valence-electron chi connectivity index (χ3n) is 1.20. The maximum Gasteiger partial charge on any atom is 0.123 e. The largest absolute Gasteiger partial charge is 0.207 e. The summed E-state index contributed by atoms with van der Waals surface area (Å²) in [7, 11) is 0. The van der Waals surface area contributed by atoms with Crippen molar-refractivity contribution in [2.24, 2.45) is 0 Å². The van der Waals surface area contributed by atoms with Crippen LogP contribution in [-0.2, 0) is 6.42 Å². The Labute approximate surface area is 68.2 Å². The molecule has 0 saturated carbocycles. The van der Waals surface area contributed by atoms with E-state index >= 15 is 0 Å². The number of rotatable bonds is 2. The molecule has 0 aliphatic carbocycles. The first-order valence-corrected chi connectivity index (χ1v) is 4.17. The van der Waals surface area contributed by atoms with Gasteiger partial charge in [-0.25, -0.2) is 4.39 Å². The molecule has 1 aromatic rings. The number of hydrogen-bond acceptors (Lipinski definition) is 0. The summed E-state index contributed by atoms with van der Waals surface area (Å²) >= 11 is 3.29. The molecule has 0 heterocycles. The predicted molar refractivity (Wildman–Crippen MR) is 42.7 cm³/mol. The number of hydrogen-bond donors (Lipinski definition) is 0. The van der Waals surface area contributed by atoms with Crippen LogP contribution in [0, 0.1) is 11.9 Å². The first kappa shape index (κ1) is 7.73. The van der Waals surface area contributed by atoms with Crippen LogP contribution in [0.3, 0.4) is 0 Å². The standard InChI is InChI=1S/C8H7BrF/c9-6-5-7-1-3-8(10)4-2-7/h1,3-4H,5-6H2. The van der Waals surface area contributed by atoms with Crippen LogP contribution in [0.25, 0.3) is 0 Å². The predicted octanol–water partition coefficient (Wildman–Crippen LogP) is 2.56. The fourth-order valence-corrected chi connectivity index (χ4v) is 1.12. The van der Waals surface area contributed by atoms with Gasteiger partial charge in [0.25, 0.3) is 0 Å². The van der Waals surface area contributed by atoms with Gasteiger partial charge in [-0.3, -0.25) is 0 Å². The summed E-state index contributed by atoms with van der Waals surface area (Å²) < 4.78 is 12.3. The van der Waals surface area contributed by atoms with E-state index in [0.717, 1.165) is 17.3 Å². The van der Waals surface area contributed by atoms with E-state index in [0.29, 0.717) is 0 Å². The van der Waals surface area contributed by atoms with Crippen molar-refractivity contribution in [3.63, 3.8) is 0 Å². The van der Waals surface area contributed by atoms with Gasteiger partial charge in [0, 0.05) is 5.33 Å². The molecule has 0 N–H and O–H groups in total. The zero-order valence-corrected chi connectivity index (χ0v) is 6.99. The zero-order chi connectivity index (χ0) is 7.40. The van der Waals surface area contributed by atoms with E-state index in [1.54, 1.807) is 6.07 Å². The molecule has 0 aliphatic rings. The Kier molecular flexibility index (Phi) is 2.87.